The zero-order chi connectivity index (χ0) is 16.1. The third-order valence-corrected chi connectivity index (χ3v) is 3.44. The van der Waals surface area contributed by atoms with Crippen LogP contribution < -0.4 is 4.74 Å². The summed E-state index contributed by atoms with van der Waals surface area (Å²) in [4.78, 5) is 22.0. The summed E-state index contributed by atoms with van der Waals surface area (Å²) >= 11 is 0. The summed E-state index contributed by atoms with van der Waals surface area (Å²) in [6.07, 6.45) is 2.43. The molecule has 0 aliphatic carbocycles. The molecule has 0 spiro atoms. The Morgan fingerprint density at radius 1 is 1.48 bits per heavy atom. The number of carbonyl (C=O) groups is 1. The molecule has 8 nitrogen and oxygen atoms in total. The summed E-state index contributed by atoms with van der Waals surface area (Å²) in [6, 6.07) is 5.51. The molecule has 0 saturated carbocycles. The summed E-state index contributed by atoms with van der Waals surface area (Å²) < 4.78 is 16.0. The lowest BCUT2D eigenvalue weighted by molar-refractivity contribution is -0.136. The van der Waals surface area contributed by atoms with Crippen LogP contribution in [0.15, 0.2) is 28.9 Å². The smallest absolute Gasteiger partial charge is 0.252 e. The van der Waals surface area contributed by atoms with Crippen molar-refractivity contribution >= 4 is 5.91 Å². The Morgan fingerprint density at radius 3 is 3.13 bits per heavy atom. The van der Waals surface area contributed by atoms with Crippen LogP contribution in [0.5, 0.6) is 5.88 Å². The average Bonchev–Trinajstić information content (AvgIpc) is 3.18. The number of carbonyl (C=O) groups excluding carboxylic acids is 1. The lowest BCUT2D eigenvalue weighted by Gasteiger charge is -2.16. The third kappa shape index (κ3) is 4.26. The van der Waals surface area contributed by atoms with Crippen molar-refractivity contribution in [3.63, 3.8) is 0 Å². The fourth-order valence-electron chi connectivity index (χ4n) is 2.35. The van der Waals surface area contributed by atoms with E-state index in [9.17, 15) is 4.79 Å². The monoisotopic (exact) mass is 318 g/mol. The topological polar surface area (TPSA) is 90.6 Å². The fraction of sp³-hybridized carbons (Fsp3) is 0.467. The van der Waals surface area contributed by atoms with Crippen LogP contribution in [-0.2, 0) is 16.1 Å². The Kier molecular flexibility index (Phi) is 4.82. The first kappa shape index (κ1) is 15.4. The molecule has 1 fully saturated rings. The first-order valence-electron chi connectivity index (χ1n) is 7.43. The zero-order valence-corrected chi connectivity index (χ0v) is 12.8. The minimum Gasteiger partial charge on any atom is -0.472 e. The molecule has 2 aromatic heterocycles. The van der Waals surface area contributed by atoms with Crippen molar-refractivity contribution in [2.24, 2.45) is 0 Å². The molecule has 1 atom stereocenters. The molecule has 2 aromatic rings. The Morgan fingerprint density at radius 2 is 2.39 bits per heavy atom. The van der Waals surface area contributed by atoms with E-state index >= 15 is 0 Å². The maximum absolute atomic E-state index is 12.1. The van der Waals surface area contributed by atoms with Crippen LogP contribution in [0.25, 0.3) is 0 Å². The van der Waals surface area contributed by atoms with Gasteiger partial charge in [0.2, 0.25) is 11.8 Å². The molecule has 0 bridgehead atoms. The van der Waals surface area contributed by atoms with Gasteiger partial charge in [-0.05, 0) is 13.0 Å². The number of hydrogen-bond acceptors (Lipinski definition) is 7. The van der Waals surface area contributed by atoms with E-state index < -0.39 is 0 Å². The Balaban J connectivity index is 1.40. The summed E-state index contributed by atoms with van der Waals surface area (Å²) in [5, 5.41) is 3.66. The zero-order valence-electron chi connectivity index (χ0n) is 12.8. The number of likely N-dealkylation sites (tertiary alicyclic amines) is 1. The number of hydrogen-bond donors (Lipinski definition) is 0. The highest BCUT2D eigenvalue weighted by Gasteiger charge is 2.27. The van der Waals surface area contributed by atoms with Crippen molar-refractivity contribution in [3.05, 3.63) is 36.1 Å². The lowest BCUT2D eigenvalue weighted by atomic mass is 10.3. The molecule has 0 aromatic carbocycles. The molecule has 1 aliphatic rings. The van der Waals surface area contributed by atoms with E-state index in [0.717, 1.165) is 6.42 Å². The van der Waals surface area contributed by atoms with Crippen LogP contribution in [0.2, 0.25) is 0 Å². The maximum Gasteiger partial charge on any atom is 0.252 e. The van der Waals surface area contributed by atoms with Crippen LogP contribution in [-0.4, -0.2) is 51.7 Å². The van der Waals surface area contributed by atoms with Crippen LogP contribution >= 0.6 is 0 Å². The van der Waals surface area contributed by atoms with Gasteiger partial charge in [0.25, 0.3) is 5.89 Å². The average molecular weight is 318 g/mol. The number of ether oxygens (including phenoxy) is 2. The van der Waals surface area contributed by atoms with Gasteiger partial charge < -0.3 is 18.9 Å². The molecule has 3 heterocycles. The number of pyridine rings is 1. The van der Waals surface area contributed by atoms with Crippen molar-refractivity contribution in [3.8, 4) is 5.88 Å². The quantitative estimate of drug-likeness (QED) is 0.783. The Labute approximate surface area is 133 Å². The van der Waals surface area contributed by atoms with E-state index in [1.807, 2.05) is 12.1 Å². The van der Waals surface area contributed by atoms with Gasteiger partial charge in [0.1, 0.15) is 19.3 Å². The summed E-state index contributed by atoms with van der Waals surface area (Å²) in [6.45, 7) is 3.04. The number of nitrogens with zero attached hydrogens (tertiary/aromatic N) is 4. The van der Waals surface area contributed by atoms with Gasteiger partial charge in [-0.25, -0.2) is 4.98 Å². The normalized spacial score (nSPS) is 17.4. The molecule has 0 N–H and O–H groups in total. The summed E-state index contributed by atoms with van der Waals surface area (Å²) in [7, 11) is 0. The van der Waals surface area contributed by atoms with Gasteiger partial charge in [-0.1, -0.05) is 11.2 Å². The second-order valence-electron chi connectivity index (χ2n) is 5.26. The van der Waals surface area contributed by atoms with Crippen LogP contribution in [0.4, 0.5) is 0 Å². The van der Waals surface area contributed by atoms with E-state index in [4.69, 9.17) is 14.0 Å². The van der Waals surface area contributed by atoms with Crippen molar-refractivity contribution in [1.82, 2.24) is 20.0 Å². The lowest BCUT2D eigenvalue weighted by Crippen LogP contribution is -2.33. The van der Waals surface area contributed by atoms with Crippen molar-refractivity contribution in [1.29, 1.82) is 0 Å². The fourth-order valence-corrected chi connectivity index (χ4v) is 2.35. The molecule has 8 heteroatoms. The van der Waals surface area contributed by atoms with Crippen LogP contribution in [0.1, 0.15) is 18.1 Å². The Hall–Kier alpha value is -2.48. The number of amides is 1. The highest BCUT2D eigenvalue weighted by molar-refractivity contribution is 5.77. The highest BCUT2D eigenvalue weighted by atomic mass is 16.5. The highest BCUT2D eigenvalue weighted by Crippen LogP contribution is 2.16. The van der Waals surface area contributed by atoms with Gasteiger partial charge in [0.05, 0.1) is 6.54 Å². The second-order valence-corrected chi connectivity index (χ2v) is 5.26. The van der Waals surface area contributed by atoms with E-state index in [-0.39, 0.29) is 25.2 Å². The molecule has 0 radical (unpaired) electrons. The maximum atomic E-state index is 12.1. The standard InChI is InChI=1S/C15H18N4O4/c1-11-17-14(23-18-11)9-21-10-15(20)19-7-5-12(8-19)22-13-4-2-3-6-16-13/h2-4,6,12H,5,7-10H2,1H3. The van der Waals surface area contributed by atoms with Gasteiger partial charge >= 0.3 is 0 Å². The number of aromatic nitrogens is 3. The van der Waals surface area contributed by atoms with E-state index in [1.165, 1.54) is 0 Å². The molecule has 1 aliphatic heterocycles. The molecule has 23 heavy (non-hydrogen) atoms. The minimum absolute atomic E-state index is 0.0161. The van der Waals surface area contributed by atoms with Crippen LogP contribution in [0.3, 0.4) is 0 Å². The molecule has 1 saturated heterocycles. The molecule has 122 valence electrons. The van der Waals surface area contributed by atoms with Gasteiger partial charge in [-0.2, -0.15) is 4.98 Å². The van der Waals surface area contributed by atoms with Gasteiger partial charge in [-0.15, -0.1) is 0 Å². The van der Waals surface area contributed by atoms with E-state index in [0.29, 0.717) is 30.7 Å². The number of rotatable bonds is 6. The van der Waals surface area contributed by atoms with Gasteiger partial charge in [0, 0.05) is 25.2 Å². The summed E-state index contributed by atoms with van der Waals surface area (Å²) in [5.74, 6) is 1.42. The first-order valence-corrected chi connectivity index (χ1v) is 7.43. The third-order valence-electron chi connectivity index (χ3n) is 3.44. The van der Waals surface area contributed by atoms with Crippen molar-refractivity contribution in [2.45, 2.75) is 26.1 Å². The molecule has 1 amide bonds. The van der Waals surface area contributed by atoms with Gasteiger partial charge in [-0.3, -0.25) is 4.79 Å². The molecule has 1 unspecified atom stereocenters. The predicted molar refractivity (Wildman–Crippen MR) is 78.5 cm³/mol. The Bertz CT molecular complexity index is 646. The molecular weight excluding hydrogens is 300 g/mol. The van der Waals surface area contributed by atoms with Crippen molar-refractivity contribution < 1.29 is 18.8 Å². The van der Waals surface area contributed by atoms with Gasteiger partial charge in [0.15, 0.2) is 5.82 Å². The van der Waals surface area contributed by atoms with E-state index in [2.05, 4.69) is 15.1 Å². The second kappa shape index (κ2) is 7.19. The SMILES string of the molecule is Cc1noc(COCC(=O)N2CCC(Oc3ccccn3)C2)n1. The largest absolute Gasteiger partial charge is 0.472 e. The predicted octanol–water partition coefficient (Wildman–Crippen LogP) is 0.970. The van der Waals surface area contributed by atoms with Crippen LogP contribution in [0, 0.1) is 6.92 Å². The minimum atomic E-state index is -0.0756. The van der Waals surface area contributed by atoms with Crippen molar-refractivity contribution in [2.75, 3.05) is 19.7 Å². The van der Waals surface area contributed by atoms with E-state index in [1.54, 1.807) is 24.1 Å². The summed E-state index contributed by atoms with van der Waals surface area (Å²) in [5.41, 5.74) is 0. The molecular formula is C15H18N4O4. The number of aryl methyl sites for hydroxylation is 1. The first-order chi connectivity index (χ1) is 11.2. The molecule has 3 rings (SSSR count).